The van der Waals surface area contributed by atoms with Crippen LogP contribution in [-0.4, -0.2) is 24.8 Å². The summed E-state index contributed by atoms with van der Waals surface area (Å²) in [5.41, 5.74) is 2.71. The van der Waals surface area contributed by atoms with E-state index < -0.39 is 0 Å². The Balaban J connectivity index is 2.97. The molecule has 0 radical (unpaired) electrons. The number of hydrogen-bond donors (Lipinski definition) is 0. The molecule has 0 bridgehead atoms. The van der Waals surface area contributed by atoms with Crippen LogP contribution in [-0.2, 0) is 10.2 Å². The Bertz CT molecular complexity index is 398. The highest BCUT2D eigenvalue weighted by atomic mass is 16.1. The quantitative estimate of drug-likeness (QED) is 0.810. The van der Waals surface area contributed by atoms with Gasteiger partial charge in [0.2, 0.25) is 0 Å². The molecular weight excluding hydrogens is 222 g/mol. The minimum Gasteiger partial charge on any atom is -0.302 e. The number of rotatable bonds is 4. The van der Waals surface area contributed by atoms with Gasteiger partial charge >= 0.3 is 0 Å². The maximum Gasteiger partial charge on any atom is 0.131 e. The average molecular weight is 247 g/mol. The minimum atomic E-state index is 0.173. The first kappa shape index (κ1) is 14.9. The van der Waals surface area contributed by atoms with Gasteiger partial charge in [-0.1, -0.05) is 45.0 Å². The van der Waals surface area contributed by atoms with Crippen molar-refractivity contribution in [1.82, 2.24) is 4.90 Å². The first-order chi connectivity index (χ1) is 8.21. The minimum absolute atomic E-state index is 0.173. The summed E-state index contributed by atoms with van der Waals surface area (Å²) in [4.78, 5) is 13.4. The zero-order valence-corrected chi connectivity index (χ0v) is 12.4. The molecule has 1 atom stereocenters. The molecule has 0 aromatic heterocycles. The highest BCUT2D eigenvalue weighted by molar-refractivity contribution is 5.76. The fourth-order valence-electron chi connectivity index (χ4n) is 2.08. The van der Waals surface area contributed by atoms with Gasteiger partial charge < -0.3 is 4.90 Å². The van der Waals surface area contributed by atoms with E-state index in [1.807, 2.05) is 14.1 Å². The number of ketones is 1. The summed E-state index contributed by atoms with van der Waals surface area (Å²) in [5, 5.41) is 0. The van der Waals surface area contributed by atoms with E-state index in [1.54, 1.807) is 6.92 Å². The smallest absolute Gasteiger partial charge is 0.131 e. The van der Waals surface area contributed by atoms with Crippen LogP contribution in [0.2, 0.25) is 0 Å². The van der Waals surface area contributed by atoms with Crippen LogP contribution in [0.25, 0.3) is 0 Å². The number of benzene rings is 1. The second-order valence-electron chi connectivity index (χ2n) is 6.26. The number of nitrogens with zero attached hydrogens (tertiary/aromatic N) is 1. The van der Waals surface area contributed by atoms with Crippen LogP contribution in [0.4, 0.5) is 0 Å². The Morgan fingerprint density at radius 1 is 1.17 bits per heavy atom. The molecule has 18 heavy (non-hydrogen) atoms. The molecule has 100 valence electrons. The van der Waals surface area contributed by atoms with Crippen LogP contribution in [0.1, 0.15) is 51.3 Å². The second-order valence-corrected chi connectivity index (χ2v) is 6.26. The molecule has 0 saturated heterocycles. The summed E-state index contributed by atoms with van der Waals surface area (Å²) in [5.74, 6) is 0.230. The van der Waals surface area contributed by atoms with Crippen LogP contribution < -0.4 is 0 Å². The average Bonchev–Trinajstić information content (AvgIpc) is 2.24. The molecule has 0 heterocycles. The van der Waals surface area contributed by atoms with E-state index in [-0.39, 0.29) is 17.2 Å². The van der Waals surface area contributed by atoms with Gasteiger partial charge in [0.1, 0.15) is 5.78 Å². The molecule has 0 saturated carbocycles. The number of carbonyl (C=O) groups is 1. The third-order valence-electron chi connectivity index (χ3n) is 3.27. The van der Waals surface area contributed by atoms with Crippen molar-refractivity contribution in [3.63, 3.8) is 0 Å². The first-order valence-electron chi connectivity index (χ1n) is 6.48. The lowest BCUT2D eigenvalue weighted by Crippen LogP contribution is -2.22. The molecule has 0 aliphatic carbocycles. The summed E-state index contributed by atoms with van der Waals surface area (Å²) < 4.78 is 0. The molecule has 1 aromatic rings. The Labute approximate surface area is 111 Å². The molecule has 0 spiro atoms. The van der Waals surface area contributed by atoms with E-state index in [9.17, 15) is 4.79 Å². The Morgan fingerprint density at radius 3 is 2.00 bits per heavy atom. The predicted octanol–water partition coefficient (Wildman–Crippen LogP) is 3.57. The molecule has 0 aliphatic rings. The van der Waals surface area contributed by atoms with Gasteiger partial charge in [0, 0.05) is 12.5 Å². The normalized spacial score (nSPS) is 13.7. The van der Waals surface area contributed by atoms with Crippen molar-refractivity contribution in [2.75, 3.05) is 14.1 Å². The highest BCUT2D eigenvalue weighted by Crippen LogP contribution is 2.27. The number of hydrogen-bond acceptors (Lipinski definition) is 2. The third-order valence-corrected chi connectivity index (χ3v) is 3.27. The number of Topliss-reactive ketones (excluding diaryl/α,β-unsaturated/α-hetero) is 1. The molecule has 2 heteroatoms. The van der Waals surface area contributed by atoms with Crippen molar-refractivity contribution >= 4 is 5.78 Å². The Kier molecular flexibility index (Phi) is 4.69. The van der Waals surface area contributed by atoms with Crippen LogP contribution in [0.3, 0.4) is 0 Å². The van der Waals surface area contributed by atoms with Crippen molar-refractivity contribution in [1.29, 1.82) is 0 Å². The molecule has 2 nitrogen and oxygen atoms in total. The van der Waals surface area contributed by atoms with Crippen LogP contribution in [0, 0.1) is 0 Å². The maximum atomic E-state index is 11.3. The highest BCUT2D eigenvalue weighted by Gasteiger charge is 2.18. The molecule has 0 amide bonds. The van der Waals surface area contributed by atoms with Crippen molar-refractivity contribution in [2.24, 2.45) is 0 Å². The lowest BCUT2D eigenvalue weighted by Gasteiger charge is -2.25. The van der Waals surface area contributed by atoms with E-state index >= 15 is 0 Å². The van der Waals surface area contributed by atoms with Gasteiger partial charge in [-0.2, -0.15) is 0 Å². The molecule has 1 aromatic carbocycles. The zero-order chi connectivity index (χ0) is 13.9. The summed E-state index contributed by atoms with van der Waals surface area (Å²) in [6, 6.07) is 8.82. The van der Waals surface area contributed by atoms with Gasteiger partial charge in [-0.05, 0) is 37.6 Å². The summed E-state index contributed by atoms with van der Waals surface area (Å²) in [6.45, 7) is 8.28. The molecule has 0 N–H and O–H groups in total. The largest absolute Gasteiger partial charge is 0.302 e. The third kappa shape index (κ3) is 3.95. The SMILES string of the molecule is CC(=O)CC(c1ccc(C(C)(C)C)cc1)N(C)C. The van der Waals surface area contributed by atoms with Crippen LogP contribution >= 0.6 is 0 Å². The molecular formula is C16H25NO. The van der Waals surface area contributed by atoms with Crippen LogP contribution in [0.5, 0.6) is 0 Å². The van der Waals surface area contributed by atoms with Gasteiger partial charge in [0.25, 0.3) is 0 Å². The Morgan fingerprint density at radius 2 is 1.67 bits per heavy atom. The predicted molar refractivity (Wildman–Crippen MR) is 76.9 cm³/mol. The van der Waals surface area contributed by atoms with E-state index in [4.69, 9.17) is 0 Å². The summed E-state index contributed by atoms with van der Waals surface area (Å²) >= 11 is 0. The fourth-order valence-corrected chi connectivity index (χ4v) is 2.08. The van der Waals surface area contributed by atoms with Gasteiger partial charge in [-0.15, -0.1) is 0 Å². The fraction of sp³-hybridized carbons (Fsp3) is 0.562. The van der Waals surface area contributed by atoms with Gasteiger partial charge in [-0.3, -0.25) is 4.79 Å². The molecule has 0 aliphatic heterocycles. The van der Waals surface area contributed by atoms with Gasteiger partial charge in [-0.25, -0.2) is 0 Å². The monoisotopic (exact) mass is 247 g/mol. The van der Waals surface area contributed by atoms with Crippen molar-refractivity contribution in [3.8, 4) is 0 Å². The first-order valence-corrected chi connectivity index (χ1v) is 6.48. The van der Waals surface area contributed by atoms with Crippen molar-refractivity contribution < 1.29 is 4.79 Å². The van der Waals surface area contributed by atoms with Gasteiger partial charge in [0.05, 0.1) is 0 Å². The maximum absolute atomic E-state index is 11.3. The summed E-state index contributed by atoms with van der Waals surface area (Å²) in [7, 11) is 4.04. The van der Waals surface area contributed by atoms with Gasteiger partial charge in [0.15, 0.2) is 0 Å². The van der Waals surface area contributed by atoms with E-state index in [2.05, 4.69) is 49.9 Å². The van der Waals surface area contributed by atoms with E-state index in [0.29, 0.717) is 6.42 Å². The molecule has 1 unspecified atom stereocenters. The topological polar surface area (TPSA) is 20.3 Å². The lowest BCUT2D eigenvalue weighted by atomic mass is 9.86. The van der Waals surface area contributed by atoms with E-state index in [1.165, 1.54) is 11.1 Å². The molecule has 0 fully saturated rings. The second kappa shape index (κ2) is 5.66. The Hall–Kier alpha value is -1.15. The van der Waals surface area contributed by atoms with Crippen molar-refractivity contribution in [3.05, 3.63) is 35.4 Å². The number of carbonyl (C=O) groups excluding carboxylic acids is 1. The summed E-state index contributed by atoms with van der Waals surface area (Å²) in [6.07, 6.45) is 0.571. The van der Waals surface area contributed by atoms with Crippen LogP contribution in [0.15, 0.2) is 24.3 Å². The van der Waals surface area contributed by atoms with E-state index in [0.717, 1.165) is 0 Å². The van der Waals surface area contributed by atoms with Crippen molar-refractivity contribution in [2.45, 2.75) is 45.6 Å². The lowest BCUT2D eigenvalue weighted by molar-refractivity contribution is -0.118. The standard InChI is InChI=1S/C16H25NO/c1-12(18)11-15(17(5)6)13-7-9-14(10-8-13)16(2,3)4/h7-10,15H,11H2,1-6H3. The zero-order valence-electron chi connectivity index (χ0n) is 12.4. The molecule has 1 rings (SSSR count).